The van der Waals surface area contributed by atoms with Crippen LogP contribution in [0.3, 0.4) is 0 Å². The molecule has 0 unspecified atom stereocenters. The van der Waals surface area contributed by atoms with E-state index in [1.54, 1.807) is 23.5 Å². The van der Waals surface area contributed by atoms with Crippen molar-refractivity contribution in [2.75, 3.05) is 13.1 Å². The summed E-state index contributed by atoms with van der Waals surface area (Å²) in [5.74, 6) is 0.308. The Labute approximate surface area is 139 Å². The Morgan fingerprint density at radius 2 is 2.04 bits per heavy atom. The van der Waals surface area contributed by atoms with Crippen LogP contribution in [0.15, 0.2) is 29.6 Å². The molecule has 0 bridgehead atoms. The van der Waals surface area contributed by atoms with Crippen LogP contribution in [0.25, 0.3) is 0 Å². The maximum atomic E-state index is 13.0. The zero-order valence-electron chi connectivity index (χ0n) is 13.1. The Bertz CT molecular complexity index is 632. The van der Waals surface area contributed by atoms with Crippen LogP contribution in [0, 0.1) is 12.7 Å². The van der Waals surface area contributed by atoms with Crippen molar-refractivity contribution >= 4 is 11.3 Å². The van der Waals surface area contributed by atoms with E-state index in [4.69, 9.17) is 4.74 Å². The summed E-state index contributed by atoms with van der Waals surface area (Å²) in [5, 5.41) is 13.5. The molecule has 1 aliphatic rings. The van der Waals surface area contributed by atoms with Gasteiger partial charge in [-0.05, 0) is 44.0 Å². The number of thiazole rings is 1. The van der Waals surface area contributed by atoms with E-state index in [1.807, 2.05) is 6.92 Å². The third-order valence-corrected chi connectivity index (χ3v) is 4.88. The lowest BCUT2D eigenvalue weighted by atomic mass is 10.1. The minimum absolute atomic E-state index is 0.261. The maximum absolute atomic E-state index is 13.0. The summed E-state index contributed by atoms with van der Waals surface area (Å²) in [5.41, 5.74) is 1.08. The van der Waals surface area contributed by atoms with Crippen molar-refractivity contribution in [2.45, 2.75) is 38.5 Å². The molecule has 0 saturated carbocycles. The van der Waals surface area contributed by atoms with E-state index in [0.29, 0.717) is 12.2 Å². The fraction of sp³-hybridized carbons (Fsp3) is 0.471. The highest BCUT2D eigenvalue weighted by Gasteiger charge is 2.26. The number of aliphatic hydroxyl groups excluding tert-OH is 1. The molecule has 2 atom stereocenters. The van der Waals surface area contributed by atoms with Gasteiger partial charge < -0.3 is 9.84 Å². The average Bonchev–Trinajstić information content (AvgIpc) is 2.87. The van der Waals surface area contributed by atoms with E-state index in [2.05, 4.69) is 15.3 Å². The van der Waals surface area contributed by atoms with E-state index in [9.17, 15) is 9.50 Å². The molecule has 4 nitrogen and oxygen atoms in total. The molecule has 3 rings (SSSR count). The highest BCUT2D eigenvalue weighted by atomic mass is 32.1. The number of likely N-dealkylation sites (tertiary alicyclic amines) is 1. The van der Waals surface area contributed by atoms with Gasteiger partial charge in [0, 0.05) is 25.0 Å². The number of hydrogen-bond donors (Lipinski definition) is 1. The molecule has 1 saturated heterocycles. The van der Waals surface area contributed by atoms with Gasteiger partial charge in [-0.25, -0.2) is 9.37 Å². The lowest BCUT2D eigenvalue weighted by Gasteiger charge is -2.21. The first-order valence-electron chi connectivity index (χ1n) is 7.84. The third-order valence-electron chi connectivity index (χ3n) is 4.05. The molecule has 1 N–H and O–H groups in total. The number of aromatic nitrogens is 1. The van der Waals surface area contributed by atoms with E-state index >= 15 is 0 Å². The predicted octanol–water partition coefficient (Wildman–Crippen LogP) is 2.99. The Balaban J connectivity index is 1.58. The van der Waals surface area contributed by atoms with Crippen LogP contribution in [-0.2, 0) is 6.54 Å². The highest BCUT2D eigenvalue weighted by molar-refractivity contribution is 7.09. The van der Waals surface area contributed by atoms with Gasteiger partial charge in [0.05, 0.1) is 16.8 Å². The standard InChI is InChI=1S/C17H21FN2O2S/c1-12-19-14(11-23-12)10-20-8-6-16(21)17(7-9-20)22-15-4-2-13(18)3-5-15/h2-5,11,16-17,21H,6-10H2,1H3/t16-,17-/m0/s1. The molecule has 2 heterocycles. The first kappa shape index (κ1) is 16.4. The van der Waals surface area contributed by atoms with Crippen molar-refractivity contribution in [3.63, 3.8) is 0 Å². The van der Waals surface area contributed by atoms with Gasteiger partial charge >= 0.3 is 0 Å². The van der Waals surface area contributed by atoms with Crippen molar-refractivity contribution in [1.82, 2.24) is 9.88 Å². The van der Waals surface area contributed by atoms with E-state index in [-0.39, 0.29) is 11.9 Å². The molecule has 0 spiro atoms. The first-order valence-corrected chi connectivity index (χ1v) is 8.72. The van der Waals surface area contributed by atoms with Gasteiger partial charge in [0.25, 0.3) is 0 Å². The molecule has 6 heteroatoms. The summed E-state index contributed by atoms with van der Waals surface area (Å²) < 4.78 is 18.8. The molecule has 0 aliphatic carbocycles. The molecule has 0 radical (unpaired) electrons. The number of benzene rings is 1. The molecule has 0 amide bonds. The summed E-state index contributed by atoms with van der Waals surface area (Å²) in [7, 11) is 0. The van der Waals surface area contributed by atoms with Crippen LogP contribution in [0.1, 0.15) is 23.5 Å². The molecule has 1 aliphatic heterocycles. The monoisotopic (exact) mass is 336 g/mol. The third kappa shape index (κ3) is 4.50. The number of aryl methyl sites for hydroxylation is 1. The Hall–Kier alpha value is -1.50. The van der Waals surface area contributed by atoms with E-state index in [1.165, 1.54) is 12.1 Å². The fourth-order valence-electron chi connectivity index (χ4n) is 2.81. The Kier molecular flexibility index (Phi) is 5.25. The minimum atomic E-state index is -0.512. The number of rotatable bonds is 4. The van der Waals surface area contributed by atoms with Crippen molar-refractivity contribution in [3.8, 4) is 5.75 Å². The summed E-state index contributed by atoms with van der Waals surface area (Å²) in [6.45, 7) is 4.48. The van der Waals surface area contributed by atoms with Crippen LogP contribution >= 0.6 is 11.3 Å². The highest BCUT2D eigenvalue weighted by Crippen LogP contribution is 2.21. The molecule has 1 aromatic carbocycles. The zero-order valence-corrected chi connectivity index (χ0v) is 13.9. The molecule has 1 fully saturated rings. The number of nitrogens with zero attached hydrogens (tertiary/aromatic N) is 2. The smallest absolute Gasteiger partial charge is 0.126 e. The average molecular weight is 336 g/mol. The Morgan fingerprint density at radius 1 is 1.30 bits per heavy atom. The molecule has 2 aromatic rings. The topological polar surface area (TPSA) is 45.6 Å². The Morgan fingerprint density at radius 3 is 2.74 bits per heavy atom. The van der Waals surface area contributed by atoms with Crippen molar-refractivity contribution in [2.24, 2.45) is 0 Å². The predicted molar refractivity (Wildman–Crippen MR) is 88.2 cm³/mol. The quantitative estimate of drug-likeness (QED) is 0.932. The molecule has 124 valence electrons. The molecule has 1 aromatic heterocycles. The lowest BCUT2D eigenvalue weighted by Crippen LogP contribution is -2.31. The molecule has 23 heavy (non-hydrogen) atoms. The van der Waals surface area contributed by atoms with Gasteiger partial charge in [0.1, 0.15) is 17.7 Å². The first-order chi connectivity index (χ1) is 11.1. The molecular weight excluding hydrogens is 315 g/mol. The van der Waals surface area contributed by atoms with Crippen molar-refractivity contribution < 1.29 is 14.2 Å². The van der Waals surface area contributed by atoms with Gasteiger partial charge in [0.2, 0.25) is 0 Å². The summed E-state index contributed by atoms with van der Waals surface area (Å²) in [4.78, 5) is 6.79. The van der Waals surface area contributed by atoms with Crippen LogP contribution in [0.2, 0.25) is 0 Å². The second-order valence-electron chi connectivity index (χ2n) is 5.89. The van der Waals surface area contributed by atoms with Gasteiger partial charge in [-0.3, -0.25) is 4.90 Å². The maximum Gasteiger partial charge on any atom is 0.126 e. The van der Waals surface area contributed by atoms with Gasteiger partial charge in [-0.15, -0.1) is 11.3 Å². The number of halogens is 1. The van der Waals surface area contributed by atoms with Crippen molar-refractivity contribution in [1.29, 1.82) is 0 Å². The molecular formula is C17H21FN2O2S. The normalized spacial score (nSPS) is 22.7. The number of aliphatic hydroxyl groups is 1. The van der Waals surface area contributed by atoms with Crippen LogP contribution < -0.4 is 4.74 Å². The fourth-order valence-corrected chi connectivity index (χ4v) is 3.41. The summed E-state index contributed by atoms with van der Waals surface area (Å²) >= 11 is 1.66. The summed E-state index contributed by atoms with van der Waals surface area (Å²) in [6, 6.07) is 5.94. The minimum Gasteiger partial charge on any atom is -0.488 e. The van der Waals surface area contributed by atoms with Gasteiger partial charge in [0.15, 0.2) is 0 Å². The van der Waals surface area contributed by atoms with Crippen LogP contribution in [-0.4, -0.2) is 40.3 Å². The van der Waals surface area contributed by atoms with Crippen LogP contribution in [0.4, 0.5) is 4.39 Å². The summed E-state index contributed by atoms with van der Waals surface area (Å²) in [6.07, 6.45) is 0.626. The largest absolute Gasteiger partial charge is 0.488 e. The van der Waals surface area contributed by atoms with Gasteiger partial charge in [-0.2, -0.15) is 0 Å². The van der Waals surface area contributed by atoms with Crippen molar-refractivity contribution in [3.05, 3.63) is 46.2 Å². The van der Waals surface area contributed by atoms with Gasteiger partial charge in [-0.1, -0.05) is 0 Å². The SMILES string of the molecule is Cc1nc(CN2CC[C@H](Oc3ccc(F)cc3)[C@@H](O)CC2)cs1. The number of ether oxygens (including phenoxy) is 1. The lowest BCUT2D eigenvalue weighted by molar-refractivity contribution is 0.0349. The number of hydrogen-bond acceptors (Lipinski definition) is 5. The van der Waals surface area contributed by atoms with E-state index in [0.717, 1.165) is 36.8 Å². The van der Waals surface area contributed by atoms with Crippen LogP contribution in [0.5, 0.6) is 5.75 Å². The van der Waals surface area contributed by atoms with E-state index < -0.39 is 6.10 Å². The second kappa shape index (κ2) is 7.38. The second-order valence-corrected chi connectivity index (χ2v) is 6.95. The zero-order chi connectivity index (χ0) is 16.2.